The highest BCUT2D eigenvalue weighted by Gasteiger charge is 2.15. The Morgan fingerprint density at radius 2 is 1.72 bits per heavy atom. The number of amides is 1. The molecule has 32 heavy (non-hydrogen) atoms. The maximum atomic E-state index is 12.9. The third kappa shape index (κ3) is 5.74. The van der Waals surface area contributed by atoms with Crippen molar-refractivity contribution >= 4 is 23.2 Å². The van der Waals surface area contributed by atoms with Gasteiger partial charge in [-0.3, -0.25) is 4.79 Å². The van der Waals surface area contributed by atoms with E-state index in [4.69, 9.17) is 25.8 Å². The number of anilines is 1. The molecule has 3 rings (SSSR count). The van der Waals surface area contributed by atoms with Crippen LogP contribution in [0, 0.1) is 0 Å². The van der Waals surface area contributed by atoms with Crippen molar-refractivity contribution in [3.05, 3.63) is 82.4 Å². The second kappa shape index (κ2) is 10.9. The molecule has 0 atom stereocenters. The molecule has 0 aliphatic carbocycles. The van der Waals surface area contributed by atoms with Crippen LogP contribution in [0.2, 0.25) is 5.02 Å². The van der Waals surface area contributed by atoms with Crippen LogP contribution in [0.4, 0.5) is 5.69 Å². The van der Waals surface area contributed by atoms with Crippen molar-refractivity contribution < 1.29 is 19.0 Å². The number of halogens is 1. The number of carbonyl (C=O) groups excluding carboxylic acids is 1. The molecule has 5 nitrogen and oxygen atoms in total. The molecule has 0 unspecified atom stereocenters. The molecular formula is C26H28ClNO4. The Morgan fingerprint density at radius 3 is 2.44 bits per heavy atom. The minimum atomic E-state index is -0.280. The molecule has 6 heteroatoms. The molecule has 0 bridgehead atoms. The fourth-order valence-corrected chi connectivity index (χ4v) is 3.52. The zero-order valence-corrected chi connectivity index (χ0v) is 19.5. The van der Waals surface area contributed by atoms with Gasteiger partial charge in [0.25, 0.3) is 5.91 Å². The number of hydrogen-bond donors (Lipinski definition) is 1. The van der Waals surface area contributed by atoms with Crippen LogP contribution in [-0.2, 0) is 6.61 Å². The van der Waals surface area contributed by atoms with Gasteiger partial charge in [0.15, 0.2) is 0 Å². The van der Waals surface area contributed by atoms with Crippen LogP contribution in [0.25, 0.3) is 0 Å². The van der Waals surface area contributed by atoms with Gasteiger partial charge in [0.2, 0.25) is 0 Å². The van der Waals surface area contributed by atoms with Crippen molar-refractivity contribution in [3.63, 3.8) is 0 Å². The highest BCUT2D eigenvalue weighted by atomic mass is 35.5. The quantitative estimate of drug-likeness (QED) is 0.391. The number of nitrogens with one attached hydrogen (secondary N) is 1. The summed E-state index contributed by atoms with van der Waals surface area (Å²) in [4.78, 5) is 12.9. The van der Waals surface area contributed by atoms with Crippen LogP contribution in [-0.4, -0.2) is 19.6 Å². The van der Waals surface area contributed by atoms with Crippen LogP contribution in [0.5, 0.6) is 17.2 Å². The summed E-state index contributed by atoms with van der Waals surface area (Å²) in [6, 6.07) is 18.3. The largest absolute Gasteiger partial charge is 0.495 e. The lowest BCUT2D eigenvalue weighted by molar-refractivity contribution is 0.102. The lowest BCUT2D eigenvalue weighted by atomic mass is 10.0. The number of rotatable bonds is 9. The Morgan fingerprint density at radius 1 is 0.969 bits per heavy atom. The molecule has 0 fully saturated rings. The summed E-state index contributed by atoms with van der Waals surface area (Å²) in [5.74, 6) is 2.09. The van der Waals surface area contributed by atoms with Gasteiger partial charge in [-0.05, 0) is 60.9 Å². The molecule has 1 N–H and O–H groups in total. The second-order valence-corrected chi connectivity index (χ2v) is 7.97. The Labute approximate surface area is 194 Å². The summed E-state index contributed by atoms with van der Waals surface area (Å²) in [5, 5.41) is 3.37. The van der Waals surface area contributed by atoms with E-state index in [1.54, 1.807) is 43.5 Å². The normalized spacial score (nSPS) is 10.7. The molecule has 0 aliphatic rings. The molecule has 0 radical (unpaired) electrons. The van der Waals surface area contributed by atoms with E-state index >= 15 is 0 Å². The molecule has 1 amide bonds. The van der Waals surface area contributed by atoms with E-state index in [0.29, 0.717) is 40.3 Å². The first-order valence-electron chi connectivity index (χ1n) is 10.5. The lowest BCUT2D eigenvalue weighted by Gasteiger charge is -2.16. The van der Waals surface area contributed by atoms with Crippen molar-refractivity contribution in [2.45, 2.75) is 33.3 Å². The van der Waals surface area contributed by atoms with Gasteiger partial charge < -0.3 is 19.5 Å². The van der Waals surface area contributed by atoms with E-state index in [2.05, 4.69) is 25.2 Å². The molecule has 3 aromatic rings. The van der Waals surface area contributed by atoms with Crippen LogP contribution >= 0.6 is 11.6 Å². The Kier molecular flexibility index (Phi) is 8.01. The predicted molar refractivity (Wildman–Crippen MR) is 128 cm³/mol. The van der Waals surface area contributed by atoms with Gasteiger partial charge in [0, 0.05) is 16.1 Å². The summed E-state index contributed by atoms with van der Waals surface area (Å²) in [7, 11) is 1.54. The Bertz CT molecular complexity index is 1080. The van der Waals surface area contributed by atoms with Crippen molar-refractivity contribution in [1.29, 1.82) is 0 Å². The Balaban J connectivity index is 1.84. The molecule has 0 aliphatic heterocycles. The number of benzene rings is 3. The zero-order valence-electron chi connectivity index (χ0n) is 18.8. The van der Waals surface area contributed by atoms with Crippen molar-refractivity contribution in [3.8, 4) is 17.2 Å². The monoisotopic (exact) mass is 453 g/mol. The summed E-state index contributed by atoms with van der Waals surface area (Å²) in [6.07, 6.45) is 0. The second-order valence-electron chi connectivity index (χ2n) is 7.54. The summed E-state index contributed by atoms with van der Waals surface area (Å²) in [6.45, 7) is 6.97. The first kappa shape index (κ1) is 23.5. The summed E-state index contributed by atoms with van der Waals surface area (Å²) in [5.41, 5.74) is 2.90. The standard InChI is InChI=1S/C26H28ClNO4/c1-5-31-23-12-10-18(26(29)28-22-15-20(27)11-13-25(22)30-4)14-19(23)16-32-24-9-7-6-8-21(24)17(2)3/h6-15,17H,5,16H2,1-4H3,(H,28,29). The highest BCUT2D eigenvalue weighted by molar-refractivity contribution is 6.31. The molecule has 168 valence electrons. The van der Waals surface area contributed by atoms with Gasteiger partial charge >= 0.3 is 0 Å². The topological polar surface area (TPSA) is 56.8 Å². The molecule has 0 aromatic heterocycles. The number of ether oxygens (including phenoxy) is 3. The Hall–Kier alpha value is -3.18. The van der Waals surface area contributed by atoms with Gasteiger partial charge in [-0.1, -0.05) is 43.6 Å². The van der Waals surface area contributed by atoms with E-state index in [1.165, 1.54) is 0 Å². The van der Waals surface area contributed by atoms with Gasteiger partial charge in [-0.2, -0.15) is 0 Å². The van der Waals surface area contributed by atoms with Crippen LogP contribution in [0.3, 0.4) is 0 Å². The van der Waals surface area contributed by atoms with Crippen molar-refractivity contribution in [1.82, 2.24) is 0 Å². The van der Waals surface area contributed by atoms with Gasteiger partial charge in [-0.25, -0.2) is 0 Å². The average Bonchev–Trinajstić information content (AvgIpc) is 2.78. The number of hydrogen-bond acceptors (Lipinski definition) is 4. The summed E-state index contributed by atoms with van der Waals surface area (Å²) >= 11 is 6.08. The van der Waals surface area contributed by atoms with E-state index in [-0.39, 0.29) is 12.5 Å². The van der Waals surface area contributed by atoms with Crippen LogP contribution in [0.15, 0.2) is 60.7 Å². The fourth-order valence-electron chi connectivity index (χ4n) is 3.35. The maximum absolute atomic E-state index is 12.9. The lowest BCUT2D eigenvalue weighted by Crippen LogP contribution is -2.14. The SMILES string of the molecule is CCOc1ccc(C(=O)Nc2cc(Cl)ccc2OC)cc1COc1ccccc1C(C)C. The average molecular weight is 454 g/mol. The van der Waals surface area contributed by atoms with Gasteiger partial charge in [0.1, 0.15) is 23.9 Å². The first-order chi connectivity index (χ1) is 15.4. The van der Waals surface area contributed by atoms with E-state index in [9.17, 15) is 4.79 Å². The summed E-state index contributed by atoms with van der Waals surface area (Å²) < 4.78 is 17.2. The zero-order chi connectivity index (χ0) is 23.1. The molecule has 0 spiro atoms. The predicted octanol–water partition coefficient (Wildman–Crippen LogP) is 6.70. The van der Waals surface area contributed by atoms with Crippen LogP contribution < -0.4 is 19.5 Å². The van der Waals surface area contributed by atoms with Crippen molar-refractivity contribution in [2.24, 2.45) is 0 Å². The van der Waals surface area contributed by atoms with Crippen LogP contribution in [0.1, 0.15) is 48.2 Å². The first-order valence-corrected chi connectivity index (χ1v) is 10.9. The number of carbonyl (C=O) groups is 1. The smallest absolute Gasteiger partial charge is 0.255 e. The molecule has 0 heterocycles. The maximum Gasteiger partial charge on any atom is 0.255 e. The third-order valence-corrected chi connectivity index (χ3v) is 5.19. The molecule has 0 saturated heterocycles. The van der Waals surface area contributed by atoms with E-state index < -0.39 is 0 Å². The number of methoxy groups -OCH3 is 1. The third-order valence-electron chi connectivity index (χ3n) is 4.96. The molecule has 0 saturated carbocycles. The van der Waals surface area contributed by atoms with Crippen molar-refractivity contribution in [2.75, 3.05) is 19.0 Å². The molecule has 3 aromatic carbocycles. The highest BCUT2D eigenvalue weighted by Crippen LogP contribution is 2.30. The minimum absolute atomic E-state index is 0.278. The number of para-hydroxylation sites is 1. The van der Waals surface area contributed by atoms with Gasteiger partial charge in [0.05, 0.1) is 19.4 Å². The molecular weight excluding hydrogens is 426 g/mol. The fraction of sp³-hybridized carbons (Fsp3) is 0.269. The van der Waals surface area contributed by atoms with E-state index in [0.717, 1.165) is 16.9 Å². The minimum Gasteiger partial charge on any atom is -0.495 e. The van der Waals surface area contributed by atoms with E-state index in [1.807, 2.05) is 25.1 Å². The van der Waals surface area contributed by atoms with Gasteiger partial charge in [-0.15, -0.1) is 0 Å².